The van der Waals surface area contributed by atoms with Gasteiger partial charge in [0.1, 0.15) is 11.5 Å². The summed E-state index contributed by atoms with van der Waals surface area (Å²) in [6.07, 6.45) is 0. The van der Waals surface area contributed by atoms with Crippen molar-refractivity contribution in [3.05, 3.63) is 46.8 Å². The number of hydrogen-bond acceptors (Lipinski definition) is 7. The highest BCUT2D eigenvalue weighted by molar-refractivity contribution is 7.93. The molecule has 1 aliphatic heterocycles. The average Bonchev–Trinajstić information content (AvgIpc) is 3.19. The number of fused-ring (bicyclic) bond motifs is 1. The molecule has 1 aromatic heterocycles. The molecule has 31 heavy (non-hydrogen) atoms. The van der Waals surface area contributed by atoms with Gasteiger partial charge in [-0.2, -0.15) is 0 Å². The number of anilines is 2. The second-order valence-electron chi connectivity index (χ2n) is 7.15. The molecule has 2 aromatic carbocycles. The van der Waals surface area contributed by atoms with Crippen LogP contribution in [0.5, 0.6) is 11.5 Å². The van der Waals surface area contributed by atoms with E-state index >= 15 is 0 Å². The van der Waals surface area contributed by atoms with Gasteiger partial charge in [-0.25, -0.2) is 13.4 Å². The standard InChI is InChI=1S/C21H21N3O5S2/c1-12-8-19(13(2)7-18(12)28-4)31(26,27)23-21-22-15(11-30-21)14-5-6-17-16(9-14)24(3)20(25)10-29-17/h5-9,11H,10H2,1-4H3,(H,22,23). The number of aryl methyl sites for hydroxylation is 2. The number of nitrogens with one attached hydrogen (secondary N) is 1. The number of carbonyl (C=O) groups excluding carboxylic acids is 1. The molecular weight excluding hydrogens is 438 g/mol. The average molecular weight is 460 g/mol. The van der Waals surface area contributed by atoms with Crippen LogP contribution in [0.3, 0.4) is 0 Å². The first-order valence-corrected chi connectivity index (χ1v) is 11.7. The zero-order chi connectivity index (χ0) is 22.3. The van der Waals surface area contributed by atoms with Crippen molar-refractivity contribution < 1.29 is 22.7 Å². The zero-order valence-corrected chi connectivity index (χ0v) is 19.1. The van der Waals surface area contributed by atoms with Crippen LogP contribution < -0.4 is 19.1 Å². The number of rotatable bonds is 5. The maximum atomic E-state index is 12.9. The predicted octanol–water partition coefficient (Wildman–Crippen LogP) is 3.59. The summed E-state index contributed by atoms with van der Waals surface area (Å²) in [6.45, 7) is 3.52. The number of likely N-dealkylation sites (N-methyl/N-ethyl adjacent to an activating group) is 1. The number of methoxy groups -OCH3 is 1. The predicted molar refractivity (Wildman–Crippen MR) is 120 cm³/mol. The highest BCUT2D eigenvalue weighted by Gasteiger charge is 2.24. The van der Waals surface area contributed by atoms with Crippen LogP contribution >= 0.6 is 11.3 Å². The topological polar surface area (TPSA) is 97.8 Å². The van der Waals surface area contributed by atoms with E-state index in [9.17, 15) is 13.2 Å². The number of benzene rings is 2. The SMILES string of the molecule is COc1cc(C)c(S(=O)(=O)Nc2nc(-c3ccc4c(c3)N(C)C(=O)CO4)cs2)cc1C. The van der Waals surface area contributed by atoms with E-state index in [1.165, 1.54) is 16.2 Å². The number of hydrogen-bond donors (Lipinski definition) is 1. The molecule has 162 valence electrons. The third-order valence-electron chi connectivity index (χ3n) is 5.05. The fourth-order valence-corrected chi connectivity index (χ4v) is 5.61. The van der Waals surface area contributed by atoms with Gasteiger partial charge < -0.3 is 14.4 Å². The molecular formula is C21H21N3O5S2. The molecule has 0 atom stereocenters. The lowest BCUT2D eigenvalue weighted by Crippen LogP contribution is -2.35. The Kier molecular flexibility index (Phi) is 5.36. The van der Waals surface area contributed by atoms with Crippen molar-refractivity contribution in [1.29, 1.82) is 0 Å². The van der Waals surface area contributed by atoms with E-state index in [2.05, 4.69) is 9.71 Å². The molecule has 1 amide bonds. The summed E-state index contributed by atoms with van der Waals surface area (Å²) < 4.78 is 39.2. The van der Waals surface area contributed by atoms with Crippen LogP contribution in [-0.2, 0) is 14.8 Å². The van der Waals surface area contributed by atoms with Gasteiger partial charge in [0.05, 0.1) is 23.4 Å². The van der Waals surface area contributed by atoms with Gasteiger partial charge in [-0.3, -0.25) is 9.52 Å². The number of aromatic nitrogens is 1. The smallest absolute Gasteiger partial charge is 0.264 e. The van der Waals surface area contributed by atoms with Gasteiger partial charge in [0.15, 0.2) is 11.7 Å². The van der Waals surface area contributed by atoms with Crippen LogP contribution in [0.4, 0.5) is 10.8 Å². The molecule has 1 aliphatic rings. The van der Waals surface area contributed by atoms with Gasteiger partial charge in [-0.05, 0) is 55.3 Å². The maximum Gasteiger partial charge on any atom is 0.264 e. The lowest BCUT2D eigenvalue weighted by molar-refractivity contribution is -0.120. The fraction of sp³-hybridized carbons (Fsp3) is 0.238. The van der Waals surface area contributed by atoms with Crippen molar-refractivity contribution in [2.45, 2.75) is 18.7 Å². The molecule has 0 bridgehead atoms. The Balaban J connectivity index is 1.62. The van der Waals surface area contributed by atoms with Crippen molar-refractivity contribution in [2.75, 3.05) is 30.4 Å². The Morgan fingerprint density at radius 2 is 1.97 bits per heavy atom. The summed E-state index contributed by atoms with van der Waals surface area (Å²) in [5.41, 5.74) is 3.30. The number of carbonyl (C=O) groups is 1. The van der Waals surface area contributed by atoms with Gasteiger partial charge in [0, 0.05) is 18.0 Å². The summed E-state index contributed by atoms with van der Waals surface area (Å²) in [6, 6.07) is 8.69. The molecule has 0 fully saturated rings. The third-order valence-corrected chi connectivity index (χ3v) is 7.42. The minimum absolute atomic E-state index is 0.00965. The highest BCUT2D eigenvalue weighted by Crippen LogP contribution is 2.36. The summed E-state index contributed by atoms with van der Waals surface area (Å²) in [4.78, 5) is 18.0. The van der Waals surface area contributed by atoms with Crippen molar-refractivity contribution in [3.63, 3.8) is 0 Å². The molecule has 10 heteroatoms. The highest BCUT2D eigenvalue weighted by atomic mass is 32.2. The minimum Gasteiger partial charge on any atom is -0.496 e. The maximum absolute atomic E-state index is 12.9. The van der Waals surface area contributed by atoms with Gasteiger partial charge in [-0.1, -0.05) is 0 Å². The second kappa shape index (κ2) is 7.86. The number of sulfonamides is 1. The Morgan fingerprint density at radius 3 is 2.71 bits per heavy atom. The van der Waals surface area contributed by atoms with Gasteiger partial charge in [0.25, 0.3) is 15.9 Å². The molecule has 0 saturated carbocycles. The van der Waals surface area contributed by atoms with Crippen LogP contribution in [0, 0.1) is 13.8 Å². The largest absolute Gasteiger partial charge is 0.496 e. The minimum atomic E-state index is -3.82. The Morgan fingerprint density at radius 1 is 1.19 bits per heavy atom. The zero-order valence-electron chi connectivity index (χ0n) is 17.4. The Bertz CT molecular complexity index is 1280. The molecule has 8 nitrogen and oxygen atoms in total. The van der Waals surface area contributed by atoms with Crippen molar-refractivity contribution in [2.24, 2.45) is 0 Å². The summed E-state index contributed by atoms with van der Waals surface area (Å²) in [7, 11) is -0.586. The lowest BCUT2D eigenvalue weighted by Gasteiger charge is -2.26. The van der Waals surface area contributed by atoms with Crippen molar-refractivity contribution >= 4 is 38.1 Å². The molecule has 4 rings (SSSR count). The molecule has 0 spiro atoms. The summed E-state index contributed by atoms with van der Waals surface area (Å²) >= 11 is 1.18. The van der Waals surface area contributed by atoms with E-state index < -0.39 is 10.0 Å². The van der Waals surface area contributed by atoms with E-state index in [4.69, 9.17) is 9.47 Å². The molecule has 0 radical (unpaired) electrons. The molecule has 3 aromatic rings. The molecule has 1 N–H and O–H groups in total. The Hall–Kier alpha value is -3.11. The van der Waals surface area contributed by atoms with Gasteiger partial charge >= 0.3 is 0 Å². The Labute approximate surface area is 184 Å². The van der Waals surface area contributed by atoms with Crippen LogP contribution in [0.1, 0.15) is 11.1 Å². The molecule has 2 heterocycles. The number of thiazole rings is 1. The van der Waals surface area contributed by atoms with Crippen molar-refractivity contribution in [1.82, 2.24) is 4.98 Å². The van der Waals surface area contributed by atoms with Crippen molar-refractivity contribution in [3.8, 4) is 22.8 Å². The van der Waals surface area contributed by atoms with Crippen LogP contribution in [0.15, 0.2) is 40.6 Å². The normalized spacial score (nSPS) is 13.5. The van der Waals surface area contributed by atoms with E-state index in [0.29, 0.717) is 28.4 Å². The third kappa shape index (κ3) is 3.96. The lowest BCUT2D eigenvalue weighted by atomic mass is 10.1. The molecule has 0 aliphatic carbocycles. The quantitative estimate of drug-likeness (QED) is 0.626. The van der Waals surface area contributed by atoms with Crippen LogP contribution in [0.25, 0.3) is 11.3 Å². The van der Waals surface area contributed by atoms with Crippen LogP contribution in [0.2, 0.25) is 0 Å². The first-order chi connectivity index (χ1) is 14.7. The van der Waals surface area contributed by atoms with Crippen LogP contribution in [-0.4, -0.2) is 40.1 Å². The second-order valence-corrected chi connectivity index (χ2v) is 9.66. The van der Waals surface area contributed by atoms with E-state index in [1.807, 2.05) is 6.07 Å². The van der Waals surface area contributed by atoms with Gasteiger partial charge in [0.2, 0.25) is 0 Å². The first-order valence-electron chi connectivity index (χ1n) is 9.37. The number of amides is 1. The number of nitrogens with zero attached hydrogens (tertiary/aromatic N) is 2. The summed E-state index contributed by atoms with van der Waals surface area (Å²) in [5.74, 6) is 1.11. The summed E-state index contributed by atoms with van der Waals surface area (Å²) in [5, 5.41) is 2.01. The monoisotopic (exact) mass is 459 g/mol. The molecule has 0 saturated heterocycles. The van der Waals surface area contributed by atoms with Gasteiger partial charge in [-0.15, -0.1) is 11.3 Å². The number of ether oxygens (including phenoxy) is 2. The van der Waals surface area contributed by atoms with E-state index in [0.717, 1.165) is 11.1 Å². The fourth-order valence-electron chi connectivity index (χ4n) is 3.33. The van der Waals surface area contributed by atoms with E-state index in [1.54, 1.807) is 57.7 Å². The van der Waals surface area contributed by atoms with E-state index in [-0.39, 0.29) is 22.5 Å². The first kappa shape index (κ1) is 21.1. The molecule has 0 unspecified atom stereocenters.